The Morgan fingerprint density at radius 3 is 2.60 bits per heavy atom. The van der Waals surface area contributed by atoms with E-state index in [2.05, 4.69) is 50.0 Å². The van der Waals surface area contributed by atoms with Gasteiger partial charge in [-0.15, -0.1) is 6.58 Å². The van der Waals surface area contributed by atoms with Gasteiger partial charge < -0.3 is 5.32 Å². The van der Waals surface area contributed by atoms with Crippen molar-refractivity contribution in [2.75, 3.05) is 0 Å². The molecule has 0 aliphatic rings. The van der Waals surface area contributed by atoms with E-state index in [1.54, 1.807) is 0 Å². The van der Waals surface area contributed by atoms with E-state index >= 15 is 0 Å². The summed E-state index contributed by atoms with van der Waals surface area (Å²) in [6.45, 7) is 9.02. The molecule has 0 saturated heterocycles. The molecule has 0 aromatic heterocycles. The van der Waals surface area contributed by atoms with Crippen LogP contribution in [0.15, 0.2) is 36.9 Å². The van der Waals surface area contributed by atoms with E-state index in [1.165, 1.54) is 11.1 Å². The maximum Gasteiger partial charge on any atom is 0.0207 e. The summed E-state index contributed by atoms with van der Waals surface area (Å²) in [7, 11) is 0. The molecule has 0 saturated carbocycles. The first-order chi connectivity index (χ1) is 7.22. The predicted octanol–water partition coefficient (Wildman–Crippen LogP) is 3.44. The van der Waals surface area contributed by atoms with E-state index in [1.807, 2.05) is 6.08 Å². The second-order valence-corrected chi connectivity index (χ2v) is 4.13. The maximum atomic E-state index is 3.73. The Morgan fingerprint density at radius 2 is 2.00 bits per heavy atom. The Morgan fingerprint density at radius 1 is 1.33 bits per heavy atom. The lowest BCUT2D eigenvalue weighted by molar-refractivity contribution is 0.518. The molecule has 0 fully saturated rings. The highest BCUT2D eigenvalue weighted by Gasteiger charge is 1.99. The molecule has 0 aliphatic heterocycles. The Kier molecular flexibility index (Phi) is 5.13. The fourth-order valence-corrected chi connectivity index (χ4v) is 1.47. The Bertz CT molecular complexity index is 287. The van der Waals surface area contributed by atoms with E-state index in [0.29, 0.717) is 6.04 Å². The third kappa shape index (κ3) is 4.80. The summed E-state index contributed by atoms with van der Waals surface area (Å²) < 4.78 is 0. The highest BCUT2D eigenvalue weighted by molar-refractivity contribution is 5.21. The SMILES string of the molecule is C=CCC[C@H](C)NCc1ccc(C)cc1. The molecule has 1 N–H and O–H groups in total. The van der Waals surface area contributed by atoms with Gasteiger partial charge in [0, 0.05) is 12.6 Å². The first-order valence-electron chi connectivity index (χ1n) is 5.62. The molecule has 1 rings (SSSR count). The largest absolute Gasteiger partial charge is 0.310 e. The number of rotatable bonds is 6. The average Bonchev–Trinajstić information content (AvgIpc) is 2.25. The zero-order valence-corrected chi connectivity index (χ0v) is 9.79. The van der Waals surface area contributed by atoms with Crippen molar-refractivity contribution >= 4 is 0 Å². The fourth-order valence-electron chi connectivity index (χ4n) is 1.47. The number of hydrogen-bond acceptors (Lipinski definition) is 1. The van der Waals surface area contributed by atoms with Gasteiger partial charge in [-0.2, -0.15) is 0 Å². The molecule has 0 spiro atoms. The molecular weight excluding hydrogens is 182 g/mol. The molecule has 0 bridgehead atoms. The van der Waals surface area contributed by atoms with Crippen LogP contribution in [0.25, 0.3) is 0 Å². The van der Waals surface area contributed by atoms with Crippen LogP contribution in [0, 0.1) is 6.92 Å². The first kappa shape index (κ1) is 12.0. The zero-order chi connectivity index (χ0) is 11.1. The normalized spacial score (nSPS) is 12.4. The monoisotopic (exact) mass is 203 g/mol. The van der Waals surface area contributed by atoms with Crippen LogP contribution in [0.3, 0.4) is 0 Å². The van der Waals surface area contributed by atoms with Crippen molar-refractivity contribution in [1.29, 1.82) is 0 Å². The summed E-state index contributed by atoms with van der Waals surface area (Å²) in [5.41, 5.74) is 2.67. The summed E-state index contributed by atoms with van der Waals surface area (Å²) in [6, 6.07) is 9.24. The molecule has 1 nitrogen and oxygen atoms in total. The van der Waals surface area contributed by atoms with Crippen LogP contribution in [0.1, 0.15) is 30.9 Å². The number of aryl methyl sites for hydroxylation is 1. The Balaban J connectivity index is 2.30. The average molecular weight is 203 g/mol. The van der Waals surface area contributed by atoms with Gasteiger partial charge in [0.05, 0.1) is 0 Å². The van der Waals surface area contributed by atoms with Gasteiger partial charge in [0.2, 0.25) is 0 Å². The summed E-state index contributed by atoms with van der Waals surface area (Å²) in [5.74, 6) is 0. The molecule has 1 aromatic rings. The number of benzene rings is 1. The maximum absolute atomic E-state index is 3.73. The Labute approximate surface area is 93.2 Å². The number of nitrogens with one attached hydrogen (secondary N) is 1. The summed E-state index contributed by atoms with van der Waals surface area (Å²) in [6.07, 6.45) is 4.22. The fraction of sp³-hybridized carbons (Fsp3) is 0.429. The van der Waals surface area contributed by atoms with Crippen LogP contribution in [-0.2, 0) is 6.54 Å². The lowest BCUT2D eigenvalue weighted by Crippen LogP contribution is -2.25. The molecule has 1 heteroatoms. The third-order valence-electron chi connectivity index (χ3n) is 2.58. The van der Waals surface area contributed by atoms with Gasteiger partial charge in [-0.25, -0.2) is 0 Å². The topological polar surface area (TPSA) is 12.0 Å². The van der Waals surface area contributed by atoms with Gasteiger partial charge in [0.15, 0.2) is 0 Å². The predicted molar refractivity (Wildman–Crippen MR) is 66.9 cm³/mol. The van der Waals surface area contributed by atoms with Gasteiger partial charge in [0.25, 0.3) is 0 Å². The van der Waals surface area contributed by atoms with Gasteiger partial charge in [0.1, 0.15) is 0 Å². The van der Waals surface area contributed by atoms with Crippen molar-refractivity contribution in [3.8, 4) is 0 Å². The van der Waals surface area contributed by atoms with Crippen LogP contribution < -0.4 is 5.32 Å². The minimum Gasteiger partial charge on any atom is -0.310 e. The van der Waals surface area contributed by atoms with Gasteiger partial charge in [-0.1, -0.05) is 35.9 Å². The van der Waals surface area contributed by atoms with Crippen molar-refractivity contribution in [1.82, 2.24) is 5.32 Å². The van der Waals surface area contributed by atoms with Crippen molar-refractivity contribution < 1.29 is 0 Å². The quantitative estimate of drug-likeness (QED) is 0.698. The van der Waals surface area contributed by atoms with E-state index in [4.69, 9.17) is 0 Å². The van der Waals surface area contributed by atoms with Crippen LogP contribution in [-0.4, -0.2) is 6.04 Å². The minimum absolute atomic E-state index is 0.560. The lowest BCUT2D eigenvalue weighted by atomic mass is 10.1. The van der Waals surface area contributed by atoms with Gasteiger partial charge in [-0.05, 0) is 32.3 Å². The Hall–Kier alpha value is -1.08. The molecule has 82 valence electrons. The van der Waals surface area contributed by atoms with Gasteiger partial charge >= 0.3 is 0 Å². The van der Waals surface area contributed by atoms with Gasteiger partial charge in [-0.3, -0.25) is 0 Å². The highest BCUT2D eigenvalue weighted by atomic mass is 14.9. The molecule has 15 heavy (non-hydrogen) atoms. The summed E-state index contributed by atoms with van der Waals surface area (Å²) in [4.78, 5) is 0. The molecule has 0 heterocycles. The van der Waals surface area contributed by atoms with Crippen molar-refractivity contribution in [2.45, 2.75) is 39.3 Å². The molecule has 0 aliphatic carbocycles. The van der Waals surface area contributed by atoms with E-state index in [0.717, 1.165) is 19.4 Å². The van der Waals surface area contributed by atoms with Crippen molar-refractivity contribution in [2.24, 2.45) is 0 Å². The lowest BCUT2D eigenvalue weighted by Gasteiger charge is -2.12. The number of allylic oxidation sites excluding steroid dienone is 1. The van der Waals surface area contributed by atoms with E-state index in [-0.39, 0.29) is 0 Å². The second kappa shape index (κ2) is 6.41. The van der Waals surface area contributed by atoms with Crippen molar-refractivity contribution in [3.63, 3.8) is 0 Å². The van der Waals surface area contributed by atoms with Crippen LogP contribution >= 0.6 is 0 Å². The molecule has 0 unspecified atom stereocenters. The molecule has 1 aromatic carbocycles. The summed E-state index contributed by atoms with van der Waals surface area (Å²) >= 11 is 0. The molecule has 1 atom stereocenters. The highest BCUT2D eigenvalue weighted by Crippen LogP contribution is 2.04. The van der Waals surface area contributed by atoms with Crippen molar-refractivity contribution in [3.05, 3.63) is 48.0 Å². The van der Waals surface area contributed by atoms with E-state index in [9.17, 15) is 0 Å². The van der Waals surface area contributed by atoms with Crippen LogP contribution in [0.2, 0.25) is 0 Å². The smallest absolute Gasteiger partial charge is 0.0207 e. The van der Waals surface area contributed by atoms with Crippen LogP contribution in [0.4, 0.5) is 0 Å². The summed E-state index contributed by atoms with van der Waals surface area (Å²) in [5, 5.41) is 3.51. The second-order valence-electron chi connectivity index (χ2n) is 4.13. The number of hydrogen-bond donors (Lipinski definition) is 1. The first-order valence-corrected chi connectivity index (χ1v) is 5.62. The van der Waals surface area contributed by atoms with E-state index < -0.39 is 0 Å². The standard InChI is InChI=1S/C14H21N/c1-4-5-6-13(3)15-11-14-9-7-12(2)8-10-14/h4,7-10,13,15H,1,5-6,11H2,2-3H3/t13-/m0/s1. The minimum atomic E-state index is 0.560. The molecular formula is C14H21N. The molecule has 0 amide bonds. The third-order valence-corrected chi connectivity index (χ3v) is 2.58. The molecule has 0 radical (unpaired) electrons. The zero-order valence-electron chi connectivity index (χ0n) is 9.79. The van der Waals surface area contributed by atoms with Crippen LogP contribution in [0.5, 0.6) is 0 Å².